The lowest BCUT2D eigenvalue weighted by Crippen LogP contribution is -2.04. The van der Waals surface area contributed by atoms with Crippen LogP contribution in [0.5, 0.6) is 0 Å². The maximum Gasteiger partial charge on any atom is 0.166 e. The summed E-state index contributed by atoms with van der Waals surface area (Å²) in [5.41, 5.74) is 7.78. The van der Waals surface area contributed by atoms with Crippen LogP contribution in [0.3, 0.4) is 0 Å². The van der Waals surface area contributed by atoms with Crippen LogP contribution in [0.25, 0.3) is 11.4 Å². The zero-order valence-electron chi connectivity index (χ0n) is 10.1. The zero-order chi connectivity index (χ0) is 12.5. The predicted octanol–water partition coefficient (Wildman–Crippen LogP) is 3.02. The Balaban J connectivity index is 2.09. The van der Waals surface area contributed by atoms with Crippen LogP contribution in [0, 0.1) is 0 Å². The molecule has 2 aromatic rings. The number of rotatable bonds is 1. The largest absolute Gasteiger partial charge is 0.398 e. The van der Waals surface area contributed by atoms with Crippen molar-refractivity contribution in [3.63, 3.8) is 0 Å². The topological polar surface area (TPSA) is 56.7 Å². The van der Waals surface area contributed by atoms with Gasteiger partial charge in [0, 0.05) is 28.7 Å². The molecule has 1 aliphatic rings. The first-order valence-electron chi connectivity index (χ1n) is 6.23. The highest BCUT2D eigenvalue weighted by atomic mass is 79.9. The van der Waals surface area contributed by atoms with Gasteiger partial charge < -0.3 is 10.3 Å². The quantitative estimate of drug-likeness (QED) is 0.824. The molecule has 2 heterocycles. The second kappa shape index (κ2) is 4.72. The average Bonchev–Trinajstić information content (AvgIpc) is 2.59. The van der Waals surface area contributed by atoms with E-state index in [0.29, 0.717) is 0 Å². The molecule has 1 aliphatic heterocycles. The number of fused-ring (bicyclic) bond motifs is 1. The van der Waals surface area contributed by atoms with E-state index in [-0.39, 0.29) is 0 Å². The standard InChI is InChI=1S/C13H15BrN4/c14-9-5-6-10(11(15)8-9)13-17-16-12-4-2-1-3-7-18(12)13/h5-6,8H,1-4,7,15H2. The number of halogens is 1. The van der Waals surface area contributed by atoms with E-state index in [1.54, 1.807) is 0 Å². The fourth-order valence-electron chi connectivity index (χ4n) is 2.42. The Hall–Kier alpha value is -1.36. The van der Waals surface area contributed by atoms with E-state index in [0.717, 1.165) is 40.3 Å². The monoisotopic (exact) mass is 306 g/mol. The minimum atomic E-state index is 0.740. The van der Waals surface area contributed by atoms with Crippen LogP contribution in [0.2, 0.25) is 0 Å². The molecule has 0 bridgehead atoms. The first-order chi connectivity index (χ1) is 8.75. The van der Waals surface area contributed by atoms with Gasteiger partial charge in [0.05, 0.1) is 0 Å². The highest BCUT2D eigenvalue weighted by molar-refractivity contribution is 9.10. The third kappa shape index (κ3) is 2.03. The maximum absolute atomic E-state index is 6.07. The fourth-order valence-corrected chi connectivity index (χ4v) is 2.80. The third-order valence-corrected chi connectivity index (χ3v) is 3.86. The Kier molecular flexibility index (Phi) is 3.07. The summed E-state index contributed by atoms with van der Waals surface area (Å²) in [5, 5.41) is 8.62. The molecule has 0 aliphatic carbocycles. The van der Waals surface area contributed by atoms with Crippen LogP contribution in [0.4, 0.5) is 5.69 Å². The smallest absolute Gasteiger partial charge is 0.166 e. The molecule has 1 aromatic carbocycles. The third-order valence-electron chi connectivity index (χ3n) is 3.36. The summed E-state index contributed by atoms with van der Waals surface area (Å²) in [7, 11) is 0. The summed E-state index contributed by atoms with van der Waals surface area (Å²) in [6.45, 7) is 0.993. The molecule has 0 spiro atoms. The molecule has 1 aromatic heterocycles. The SMILES string of the molecule is Nc1cc(Br)ccc1-c1nnc2n1CCCCC2. The van der Waals surface area contributed by atoms with E-state index in [2.05, 4.69) is 30.7 Å². The number of nitrogens with two attached hydrogens (primary N) is 1. The van der Waals surface area contributed by atoms with Crippen LogP contribution >= 0.6 is 15.9 Å². The van der Waals surface area contributed by atoms with E-state index in [9.17, 15) is 0 Å². The molecule has 4 nitrogen and oxygen atoms in total. The lowest BCUT2D eigenvalue weighted by atomic mass is 10.1. The predicted molar refractivity (Wildman–Crippen MR) is 75.1 cm³/mol. The molecule has 3 rings (SSSR count). The number of nitrogen functional groups attached to an aromatic ring is 1. The first kappa shape index (κ1) is 11.7. The average molecular weight is 307 g/mol. The molecule has 2 N–H and O–H groups in total. The number of aryl methyl sites for hydroxylation is 1. The molecule has 5 heteroatoms. The molecule has 0 amide bonds. The van der Waals surface area contributed by atoms with Crippen LogP contribution in [-0.2, 0) is 13.0 Å². The van der Waals surface area contributed by atoms with Gasteiger partial charge in [-0.3, -0.25) is 0 Å². The molecule has 0 atom stereocenters. The van der Waals surface area contributed by atoms with Crippen LogP contribution in [-0.4, -0.2) is 14.8 Å². The van der Waals surface area contributed by atoms with Gasteiger partial charge in [-0.15, -0.1) is 10.2 Å². The van der Waals surface area contributed by atoms with Gasteiger partial charge in [-0.25, -0.2) is 0 Å². The molecular weight excluding hydrogens is 292 g/mol. The van der Waals surface area contributed by atoms with Crippen molar-refractivity contribution in [1.82, 2.24) is 14.8 Å². The molecule has 0 unspecified atom stereocenters. The number of nitrogens with zero attached hydrogens (tertiary/aromatic N) is 3. The lowest BCUT2D eigenvalue weighted by Gasteiger charge is -2.09. The van der Waals surface area contributed by atoms with Crippen LogP contribution < -0.4 is 5.73 Å². The Morgan fingerprint density at radius 2 is 2.06 bits per heavy atom. The summed E-state index contributed by atoms with van der Waals surface area (Å²) in [5.74, 6) is 1.99. The molecule has 0 radical (unpaired) electrons. The highest BCUT2D eigenvalue weighted by Crippen LogP contribution is 2.29. The van der Waals surface area contributed by atoms with Gasteiger partial charge in [0.1, 0.15) is 5.82 Å². The molecule has 0 saturated carbocycles. The lowest BCUT2D eigenvalue weighted by molar-refractivity contribution is 0.637. The zero-order valence-corrected chi connectivity index (χ0v) is 11.7. The normalized spacial score (nSPS) is 15.2. The van der Waals surface area contributed by atoms with Gasteiger partial charge in [0.25, 0.3) is 0 Å². The van der Waals surface area contributed by atoms with Gasteiger partial charge in [0.15, 0.2) is 5.82 Å². The van der Waals surface area contributed by atoms with E-state index in [4.69, 9.17) is 5.73 Å². The number of hydrogen-bond donors (Lipinski definition) is 1. The van der Waals surface area contributed by atoms with Crippen molar-refractivity contribution in [2.45, 2.75) is 32.2 Å². The van der Waals surface area contributed by atoms with E-state index in [1.807, 2.05) is 18.2 Å². The summed E-state index contributed by atoms with van der Waals surface area (Å²) in [4.78, 5) is 0. The Bertz CT molecular complexity index is 576. The van der Waals surface area contributed by atoms with E-state index in [1.165, 1.54) is 19.3 Å². The number of anilines is 1. The van der Waals surface area contributed by atoms with Crippen LogP contribution in [0.15, 0.2) is 22.7 Å². The van der Waals surface area contributed by atoms with Crippen molar-refractivity contribution >= 4 is 21.6 Å². The van der Waals surface area contributed by atoms with Gasteiger partial charge >= 0.3 is 0 Å². The van der Waals surface area contributed by atoms with Crippen molar-refractivity contribution in [3.8, 4) is 11.4 Å². The molecule has 94 valence electrons. The molecule has 0 fully saturated rings. The second-order valence-corrected chi connectivity index (χ2v) is 5.55. The van der Waals surface area contributed by atoms with Crippen molar-refractivity contribution in [2.75, 3.05) is 5.73 Å². The number of aromatic nitrogens is 3. The molecule has 0 saturated heterocycles. The first-order valence-corrected chi connectivity index (χ1v) is 7.02. The van der Waals surface area contributed by atoms with Gasteiger partial charge in [-0.1, -0.05) is 22.4 Å². The van der Waals surface area contributed by atoms with Crippen molar-refractivity contribution in [2.24, 2.45) is 0 Å². The minimum Gasteiger partial charge on any atom is -0.398 e. The Labute approximate surface area is 114 Å². The van der Waals surface area contributed by atoms with E-state index < -0.39 is 0 Å². The van der Waals surface area contributed by atoms with Crippen molar-refractivity contribution in [3.05, 3.63) is 28.5 Å². The summed E-state index contributed by atoms with van der Waals surface area (Å²) in [6.07, 6.45) is 4.67. The van der Waals surface area contributed by atoms with Gasteiger partial charge in [-0.2, -0.15) is 0 Å². The molecular formula is C13H15BrN4. The Morgan fingerprint density at radius 1 is 1.17 bits per heavy atom. The fraction of sp³-hybridized carbons (Fsp3) is 0.385. The van der Waals surface area contributed by atoms with Crippen molar-refractivity contribution in [1.29, 1.82) is 0 Å². The van der Waals surface area contributed by atoms with Crippen molar-refractivity contribution < 1.29 is 0 Å². The summed E-state index contributed by atoms with van der Waals surface area (Å²) in [6, 6.07) is 5.90. The molecule has 18 heavy (non-hydrogen) atoms. The second-order valence-electron chi connectivity index (χ2n) is 4.63. The Morgan fingerprint density at radius 3 is 2.89 bits per heavy atom. The summed E-state index contributed by atoms with van der Waals surface area (Å²) >= 11 is 3.42. The number of hydrogen-bond acceptors (Lipinski definition) is 3. The van der Waals surface area contributed by atoms with Gasteiger partial charge in [-0.05, 0) is 31.0 Å². The number of benzene rings is 1. The highest BCUT2D eigenvalue weighted by Gasteiger charge is 2.17. The van der Waals surface area contributed by atoms with E-state index >= 15 is 0 Å². The maximum atomic E-state index is 6.07. The van der Waals surface area contributed by atoms with Gasteiger partial charge in [0.2, 0.25) is 0 Å². The summed E-state index contributed by atoms with van der Waals surface area (Å²) < 4.78 is 3.20. The minimum absolute atomic E-state index is 0.740. The van der Waals surface area contributed by atoms with Crippen LogP contribution in [0.1, 0.15) is 25.1 Å².